The molecular formula is C11H12O4. The zero-order valence-corrected chi connectivity index (χ0v) is 8.61. The van der Waals surface area contributed by atoms with Crippen molar-refractivity contribution < 1.29 is 19.4 Å². The van der Waals surface area contributed by atoms with Crippen LogP contribution in [0.3, 0.4) is 0 Å². The maximum atomic E-state index is 10.7. The van der Waals surface area contributed by atoms with E-state index in [0.717, 1.165) is 11.8 Å². The van der Waals surface area contributed by atoms with Gasteiger partial charge >= 0.3 is 5.97 Å². The van der Waals surface area contributed by atoms with Crippen LogP contribution in [0.1, 0.15) is 21.5 Å². The number of aliphatic carboxylic acids is 1. The summed E-state index contributed by atoms with van der Waals surface area (Å²) in [4.78, 5) is 21.2. The maximum absolute atomic E-state index is 10.7. The molecule has 0 unspecified atom stereocenters. The third-order valence-corrected chi connectivity index (χ3v) is 2.14. The Morgan fingerprint density at radius 3 is 2.67 bits per heavy atom. The third kappa shape index (κ3) is 2.56. The van der Waals surface area contributed by atoms with Crippen LogP contribution < -0.4 is 4.74 Å². The minimum Gasteiger partial charge on any atom is -0.496 e. The van der Waals surface area contributed by atoms with E-state index < -0.39 is 5.97 Å². The highest BCUT2D eigenvalue weighted by atomic mass is 16.5. The SMILES string of the molecule is COc1cc(C=O)c(C)cc1CC(=O)O. The van der Waals surface area contributed by atoms with Gasteiger partial charge in [-0.15, -0.1) is 0 Å². The summed E-state index contributed by atoms with van der Waals surface area (Å²) in [5, 5.41) is 8.68. The first kappa shape index (κ1) is 11.2. The second kappa shape index (κ2) is 4.59. The van der Waals surface area contributed by atoms with Gasteiger partial charge in [-0.3, -0.25) is 9.59 Å². The van der Waals surface area contributed by atoms with Gasteiger partial charge in [-0.25, -0.2) is 0 Å². The van der Waals surface area contributed by atoms with Gasteiger partial charge in [-0.05, 0) is 18.6 Å². The Bertz CT molecular complexity index is 396. The molecule has 0 bridgehead atoms. The van der Waals surface area contributed by atoms with Crippen LogP contribution >= 0.6 is 0 Å². The van der Waals surface area contributed by atoms with Crippen LogP contribution in [0, 0.1) is 6.92 Å². The molecule has 0 aliphatic rings. The fourth-order valence-corrected chi connectivity index (χ4v) is 1.38. The Hall–Kier alpha value is -1.84. The van der Waals surface area contributed by atoms with Crippen LogP contribution in [0.4, 0.5) is 0 Å². The normalized spacial score (nSPS) is 9.73. The lowest BCUT2D eigenvalue weighted by Crippen LogP contribution is -2.04. The minimum atomic E-state index is -0.924. The Kier molecular flexibility index (Phi) is 3.44. The molecule has 0 radical (unpaired) electrons. The van der Waals surface area contributed by atoms with Crippen LogP contribution in [-0.2, 0) is 11.2 Å². The first-order valence-electron chi connectivity index (χ1n) is 4.43. The molecule has 0 aliphatic carbocycles. The van der Waals surface area contributed by atoms with Gasteiger partial charge in [0.15, 0.2) is 0 Å². The Morgan fingerprint density at radius 1 is 1.53 bits per heavy atom. The summed E-state index contributed by atoms with van der Waals surface area (Å²) in [6.45, 7) is 1.76. The maximum Gasteiger partial charge on any atom is 0.307 e. The van der Waals surface area contributed by atoms with Crippen molar-refractivity contribution in [3.8, 4) is 5.75 Å². The number of carboxylic acid groups (broad SMARTS) is 1. The molecule has 0 aliphatic heterocycles. The second-order valence-corrected chi connectivity index (χ2v) is 3.21. The Balaban J connectivity index is 3.20. The lowest BCUT2D eigenvalue weighted by atomic mass is 10.0. The van der Waals surface area contributed by atoms with Crippen LogP contribution in [0.5, 0.6) is 5.75 Å². The molecule has 0 spiro atoms. The van der Waals surface area contributed by atoms with E-state index in [9.17, 15) is 9.59 Å². The van der Waals surface area contributed by atoms with Gasteiger partial charge in [0.25, 0.3) is 0 Å². The fraction of sp³-hybridized carbons (Fsp3) is 0.273. The van der Waals surface area contributed by atoms with Crippen molar-refractivity contribution in [1.82, 2.24) is 0 Å². The standard InChI is InChI=1S/C11H12O4/c1-7-3-8(5-11(13)14)10(15-2)4-9(7)6-12/h3-4,6H,5H2,1-2H3,(H,13,14). The number of rotatable bonds is 4. The number of benzene rings is 1. The van der Waals surface area contributed by atoms with Crippen molar-refractivity contribution in [2.75, 3.05) is 7.11 Å². The van der Waals surface area contributed by atoms with Gasteiger partial charge in [-0.2, -0.15) is 0 Å². The molecule has 1 aromatic carbocycles. The number of carboxylic acids is 1. The molecule has 4 nitrogen and oxygen atoms in total. The molecule has 0 aromatic heterocycles. The summed E-state index contributed by atoms with van der Waals surface area (Å²) < 4.78 is 5.02. The van der Waals surface area contributed by atoms with Crippen LogP contribution in [0.25, 0.3) is 0 Å². The average Bonchev–Trinajstić information content (AvgIpc) is 2.17. The van der Waals surface area contributed by atoms with Crippen molar-refractivity contribution in [3.05, 3.63) is 28.8 Å². The highest BCUT2D eigenvalue weighted by molar-refractivity contribution is 5.79. The molecular weight excluding hydrogens is 196 g/mol. The highest BCUT2D eigenvalue weighted by Gasteiger charge is 2.10. The monoisotopic (exact) mass is 208 g/mol. The van der Waals surface area contributed by atoms with E-state index in [1.54, 1.807) is 19.1 Å². The average molecular weight is 208 g/mol. The van der Waals surface area contributed by atoms with Crippen molar-refractivity contribution in [1.29, 1.82) is 0 Å². The van der Waals surface area contributed by atoms with Gasteiger partial charge in [0.1, 0.15) is 12.0 Å². The first-order valence-corrected chi connectivity index (χ1v) is 4.43. The van der Waals surface area contributed by atoms with Gasteiger partial charge < -0.3 is 9.84 Å². The van der Waals surface area contributed by atoms with E-state index in [1.165, 1.54) is 7.11 Å². The molecule has 80 valence electrons. The summed E-state index contributed by atoms with van der Waals surface area (Å²) in [6.07, 6.45) is 0.617. The topological polar surface area (TPSA) is 63.6 Å². The first-order chi connectivity index (χ1) is 7.08. The molecule has 0 heterocycles. The van der Waals surface area contributed by atoms with E-state index in [4.69, 9.17) is 9.84 Å². The molecule has 0 atom stereocenters. The van der Waals surface area contributed by atoms with Crippen LogP contribution in [-0.4, -0.2) is 24.5 Å². The minimum absolute atomic E-state index is 0.108. The smallest absolute Gasteiger partial charge is 0.307 e. The third-order valence-electron chi connectivity index (χ3n) is 2.14. The number of carbonyl (C=O) groups excluding carboxylic acids is 1. The molecule has 1 N–H and O–H groups in total. The lowest BCUT2D eigenvalue weighted by molar-refractivity contribution is -0.136. The molecule has 1 rings (SSSR count). The number of carbonyl (C=O) groups is 2. The Labute approximate surface area is 87.5 Å². The highest BCUT2D eigenvalue weighted by Crippen LogP contribution is 2.23. The molecule has 0 amide bonds. The predicted molar refractivity (Wildman–Crippen MR) is 54.5 cm³/mol. The number of hydrogen-bond acceptors (Lipinski definition) is 3. The summed E-state index contributed by atoms with van der Waals surface area (Å²) in [5.41, 5.74) is 1.84. The van der Waals surface area contributed by atoms with E-state index >= 15 is 0 Å². The number of aldehydes is 1. The quantitative estimate of drug-likeness (QED) is 0.760. The van der Waals surface area contributed by atoms with Crippen molar-refractivity contribution >= 4 is 12.3 Å². The van der Waals surface area contributed by atoms with Crippen LogP contribution in [0.2, 0.25) is 0 Å². The number of methoxy groups -OCH3 is 1. The van der Waals surface area contributed by atoms with Gasteiger partial charge in [-0.1, -0.05) is 6.07 Å². The summed E-state index contributed by atoms with van der Waals surface area (Å²) in [7, 11) is 1.45. The van der Waals surface area contributed by atoms with Crippen molar-refractivity contribution in [2.45, 2.75) is 13.3 Å². The molecule has 4 heteroatoms. The van der Waals surface area contributed by atoms with E-state index in [0.29, 0.717) is 16.9 Å². The van der Waals surface area contributed by atoms with Gasteiger partial charge in [0.05, 0.1) is 13.5 Å². The van der Waals surface area contributed by atoms with Crippen molar-refractivity contribution in [2.24, 2.45) is 0 Å². The number of ether oxygens (including phenoxy) is 1. The largest absolute Gasteiger partial charge is 0.496 e. The Morgan fingerprint density at radius 2 is 2.20 bits per heavy atom. The molecule has 15 heavy (non-hydrogen) atoms. The summed E-state index contributed by atoms with van der Waals surface area (Å²) >= 11 is 0. The number of hydrogen-bond donors (Lipinski definition) is 1. The van der Waals surface area contributed by atoms with E-state index in [-0.39, 0.29) is 6.42 Å². The molecule has 0 fully saturated rings. The van der Waals surface area contributed by atoms with Gasteiger partial charge in [0.2, 0.25) is 0 Å². The van der Waals surface area contributed by atoms with E-state index in [2.05, 4.69) is 0 Å². The van der Waals surface area contributed by atoms with E-state index in [1.807, 2.05) is 0 Å². The zero-order valence-electron chi connectivity index (χ0n) is 8.61. The predicted octanol–water partition coefficient (Wildman–Crippen LogP) is 1.44. The molecule has 0 saturated carbocycles. The second-order valence-electron chi connectivity index (χ2n) is 3.21. The molecule has 1 aromatic rings. The molecule has 0 saturated heterocycles. The summed E-state index contributed by atoms with van der Waals surface area (Å²) in [6, 6.07) is 3.22. The zero-order chi connectivity index (χ0) is 11.4. The number of aryl methyl sites for hydroxylation is 1. The van der Waals surface area contributed by atoms with Gasteiger partial charge in [0, 0.05) is 11.1 Å². The summed E-state index contributed by atoms with van der Waals surface area (Å²) in [5.74, 6) is -0.489. The van der Waals surface area contributed by atoms with Crippen molar-refractivity contribution in [3.63, 3.8) is 0 Å². The lowest BCUT2D eigenvalue weighted by Gasteiger charge is -2.09. The van der Waals surface area contributed by atoms with Crippen LogP contribution in [0.15, 0.2) is 12.1 Å². The fourth-order valence-electron chi connectivity index (χ4n) is 1.38.